The highest BCUT2D eigenvalue weighted by Gasteiger charge is 2.08. The highest BCUT2D eigenvalue weighted by molar-refractivity contribution is 9.10. The largest absolute Gasteiger partial charge is 0.444 e. The van der Waals surface area contributed by atoms with Gasteiger partial charge in [0, 0.05) is 6.20 Å². The first-order valence-corrected chi connectivity index (χ1v) is 6.61. The van der Waals surface area contributed by atoms with Gasteiger partial charge in [-0.3, -0.25) is 5.32 Å². The van der Waals surface area contributed by atoms with E-state index in [0.717, 1.165) is 5.56 Å². The molecule has 0 spiro atoms. The van der Waals surface area contributed by atoms with E-state index in [0.29, 0.717) is 15.3 Å². The Balaban J connectivity index is 1.93. The van der Waals surface area contributed by atoms with Gasteiger partial charge in [0.2, 0.25) is 0 Å². The molecule has 0 bridgehead atoms. The summed E-state index contributed by atoms with van der Waals surface area (Å²) in [7, 11) is 0. The zero-order chi connectivity index (χ0) is 13.7. The molecule has 0 aliphatic heterocycles. The van der Waals surface area contributed by atoms with Crippen molar-refractivity contribution in [3.8, 4) is 0 Å². The molecule has 98 valence electrons. The van der Waals surface area contributed by atoms with Crippen LogP contribution in [0.4, 0.5) is 10.5 Å². The summed E-state index contributed by atoms with van der Waals surface area (Å²) in [5.74, 6) is 0. The number of carbonyl (C=O) groups excluding carboxylic acids is 1. The number of amides is 1. The number of aromatic nitrogens is 1. The molecule has 2 aromatic rings. The number of nitrogens with one attached hydrogen (secondary N) is 1. The standard InChI is InChI=1S/C13H10BrClN2O2/c14-12-11(6-10(15)7-16-12)17-13(18)19-8-9-4-2-1-3-5-9/h1-7H,8H2,(H,17,18). The fourth-order valence-electron chi connectivity index (χ4n) is 1.38. The number of hydrogen-bond donors (Lipinski definition) is 1. The fraction of sp³-hybridized carbons (Fsp3) is 0.0769. The van der Waals surface area contributed by atoms with E-state index in [2.05, 4.69) is 26.2 Å². The number of carbonyl (C=O) groups is 1. The van der Waals surface area contributed by atoms with Crippen LogP contribution in [0.1, 0.15) is 5.56 Å². The molecular formula is C13H10BrClN2O2. The summed E-state index contributed by atoms with van der Waals surface area (Å²) in [6, 6.07) is 11.0. The summed E-state index contributed by atoms with van der Waals surface area (Å²) < 4.78 is 5.58. The third-order valence-electron chi connectivity index (χ3n) is 2.26. The lowest BCUT2D eigenvalue weighted by molar-refractivity contribution is 0.155. The van der Waals surface area contributed by atoms with E-state index in [1.807, 2.05) is 30.3 Å². The molecule has 1 aromatic heterocycles. The van der Waals surface area contributed by atoms with Crippen molar-refractivity contribution in [1.29, 1.82) is 0 Å². The Labute approximate surface area is 123 Å². The smallest absolute Gasteiger partial charge is 0.412 e. The Morgan fingerprint density at radius 1 is 1.37 bits per heavy atom. The van der Waals surface area contributed by atoms with E-state index >= 15 is 0 Å². The summed E-state index contributed by atoms with van der Waals surface area (Å²) >= 11 is 9.01. The van der Waals surface area contributed by atoms with E-state index in [1.54, 1.807) is 6.07 Å². The molecular weight excluding hydrogens is 332 g/mol. The summed E-state index contributed by atoms with van der Waals surface area (Å²) in [6.45, 7) is 0.207. The molecule has 1 aromatic carbocycles. The molecule has 0 aliphatic rings. The second-order valence-corrected chi connectivity index (χ2v) is 4.87. The van der Waals surface area contributed by atoms with Crippen LogP contribution in [0.2, 0.25) is 5.02 Å². The molecule has 0 atom stereocenters. The minimum atomic E-state index is -0.561. The number of anilines is 1. The minimum Gasteiger partial charge on any atom is -0.444 e. The van der Waals surface area contributed by atoms with Gasteiger partial charge in [-0.05, 0) is 27.6 Å². The molecule has 0 aliphatic carbocycles. The predicted molar refractivity (Wildman–Crippen MR) is 77.2 cm³/mol. The molecule has 1 amide bonds. The lowest BCUT2D eigenvalue weighted by Gasteiger charge is -2.08. The Hall–Kier alpha value is -1.59. The molecule has 6 heteroatoms. The van der Waals surface area contributed by atoms with Crippen molar-refractivity contribution in [2.75, 3.05) is 5.32 Å². The normalized spacial score (nSPS) is 10.0. The maximum Gasteiger partial charge on any atom is 0.412 e. The Kier molecular flexibility index (Phi) is 4.76. The van der Waals surface area contributed by atoms with Crippen molar-refractivity contribution in [2.45, 2.75) is 6.61 Å². The van der Waals surface area contributed by atoms with Crippen LogP contribution < -0.4 is 5.32 Å². The molecule has 0 fully saturated rings. The van der Waals surface area contributed by atoms with Gasteiger partial charge in [-0.25, -0.2) is 9.78 Å². The van der Waals surface area contributed by atoms with Crippen LogP contribution in [0.5, 0.6) is 0 Å². The van der Waals surface area contributed by atoms with Gasteiger partial charge in [0.15, 0.2) is 0 Å². The first-order chi connectivity index (χ1) is 9.15. The lowest BCUT2D eigenvalue weighted by atomic mass is 10.2. The molecule has 0 radical (unpaired) electrons. The Morgan fingerprint density at radius 3 is 2.84 bits per heavy atom. The lowest BCUT2D eigenvalue weighted by Crippen LogP contribution is -2.14. The van der Waals surface area contributed by atoms with Crippen molar-refractivity contribution in [3.63, 3.8) is 0 Å². The first kappa shape index (κ1) is 13.8. The van der Waals surface area contributed by atoms with Crippen LogP contribution in [0, 0.1) is 0 Å². The molecule has 2 rings (SSSR count). The van der Waals surface area contributed by atoms with Crippen LogP contribution in [-0.2, 0) is 11.3 Å². The fourth-order valence-corrected chi connectivity index (χ4v) is 1.85. The number of benzene rings is 1. The SMILES string of the molecule is O=C(Nc1cc(Cl)cnc1Br)OCc1ccccc1. The number of halogens is 2. The molecule has 0 saturated heterocycles. The van der Waals surface area contributed by atoms with Crippen LogP contribution in [0.3, 0.4) is 0 Å². The number of hydrogen-bond acceptors (Lipinski definition) is 3. The Bertz CT molecular complexity index is 578. The molecule has 0 unspecified atom stereocenters. The average Bonchev–Trinajstić information content (AvgIpc) is 2.42. The monoisotopic (exact) mass is 340 g/mol. The van der Waals surface area contributed by atoms with Gasteiger partial charge in [-0.15, -0.1) is 0 Å². The van der Waals surface area contributed by atoms with Crippen LogP contribution in [-0.4, -0.2) is 11.1 Å². The number of rotatable bonds is 3. The topological polar surface area (TPSA) is 51.2 Å². The van der Waals surface area contributed by atoms with Gasteiger partial charge in [0.1, 0.15) is 11.2 Å². The van der Waals surface area contributed by atoms with E-state index in [-0.39, 0.29) is 6.61 Å². The zero-order valence-electron chi connectivity index (χ0n) is 9.77. The highest BCUT2D eigenvalue weighted by Crippen LogP contribution is 2.23. The quantitative estimate of drug-likeness (QED) is 0.849. The van der Waals surface area contributed by atoms with Gasteiger partial charge in [-0.2, -0.15) is 0 Å². The Morgan fingerprint density at radius 2 is 2.11 bits per heavy atom. The number of ether oxygens (including phenoxy) is 1. The van der Waals surface area contributed by atoms with Gasteiger partial charge in [0.05, 0.1) is 10.7 Å². The third-order valence-corrected chi connectivity index (χ3v) is 3.09. The van der Waals surface area contributed by atoms with Crippen molar-refractivity contribution in [1.82, 2.24) is 4.98 Å². The van der Waals surface area contributed by atoms with Gasteiger partial charge < -0.3 is 4.74 Å². The van der Waals surface area contributed by atoms with E-state index in [4.69, 9.17) is 16.3 Å². The van der Waals surface area contributed by atoms with Crippen LogP contribution in [0.25, 0.3) is 0 Å². The summed E-state index contributed by atoms with van der Waals surface area (Å²) in [5, 5.41) is 3.00. The van der Waals surface area contributed by atoms with Gasteiger partial charge >= 0.3 is 6.09 Å². The van der Waals surface area contributed by atoms with Crippen molar-refractivity contribution < 1.29 is 9.53 Å². The van der Waals surface area contributed by atoms with E-state index in [9.17, 15) is 4.79 Å². The molecule has 4 nitrogen and oxygen atoms in total. The van der Waals surface area contributed by atoms with Crippen LogP contribution >= 0.6 is 27.5 Å². The van der Waals surface area contributed by atoms with E-state index < -0.39 is 6.09 Å². The second kappa shape index (κ2) is 6.54. The molecule has 1 N–H and O–H groups in total. The first-order valence-electron chi connectivity index (χ1n) is 5.44. The van der Waals surface area contributed by atoms with Crippen LogP contribution in [0.15, 0.2) is 47.2 Å². The highest BCUT2D eigenvalue weighted by atomic mass is 79.9. The number of pyridine rings is 1. The second-order valence-electron chi connectivity index (χ2n) is 3.68. The van der Waals surface area contributed by atoms with E-state index in [1.165, 1.54) is 6.20 Å². The van der Waals surface area contributed by atoms with Gasteiger partial charge in [0.25, 0.3) is 0 Å². The third kappa shape index (κ3) is 4.22. The molecule has 1 heterocycles. The zero-order valence-corrected chi connectivity index (χ0v) is 12.1. The minimum absolute atomic E-state index is 0.207. The van der Waals surface area contributed by atoms with Gasteiger partial charge in [-0.1, -0.05) is 41.9 Å². The van der Waals surface area contributed by atoms with Crippen molar-refractivity contribution >= 4 is 39.3 Å². The summed E-state index contributed by atoms with van der Waals surface area (Å²) in [4.78, 5) is 15.6. The summed E-state index contributed by atoms with van der Waals surface area (Å²) in [6.07, 6.45) is 0.917. The van der Waals surface area contributed by atoms with Crippen molar-refractivity contribution in [3.05, 3.63) is 57.8 Å². The predicted octanol–water partition coefficient (Wildman–Crippen LogP) is 4.25. The summed E-state index contributed by atoms with van der Waals surface area (Å²) in [5.41, 5.74) is 1.38. The van der Waals surface area contributed by atoms with Crippen molar-refractivity contribution in [2.24, 2.45) is 0 Å². The maximum absolute atomic E-state index is 11.6. The maximum atomic E-state index is 11.6. The number of nitrogens with zero attached hydrogens (tertiary/aromatic N) is 1. The average molecular weight is 342 g/mol. The molecule has 19 heavy (non-hydrogen) atoms. The molecule has 0 saturated carbocycles.